The van der Waals surface area contributed by atoms with Crippen LogP contribution in [0.2, 0.25) is 0 Å². The molecule has 0 saturated heterocycles. The second-order valence-electron chi connectivity index (χ2n) is 3.68. The Morgan fingerprint density at radius 3 is 2.53 bits per heavy atom. The monoisotopic (exact) mass is 211 g/mol. The van der Waals surface area contributed by atoms with Crippen molar-refractivity contribution >= 4 is 11.8 Å². The fourth-order valence-corrected chi connectivity index (χ4v) is 1.38. The van der Waals surface area contributed by atoms with Crippen molar-refractivity contribution in [2.24, 2.45) is 11.1 Å². The molecule has 1 fully saturated rings. The number of nitriles is 1. The van der Waals surface area contributed by atoms with Crippen LogP contribution in [-0.2, 0) is 9.59 Å². The van der Waals surface area contributed by atoms with Crippen LogP contribution < -0.4 is 11.1 Å². The SMILES string of the molecule is N#CC1(C(=O)NCC(O)C(N)=O)CCC1. The number of hydrogen-bond acceptors (Lipinski definition) is 4. The van der Waals surface area contributed by atoms with E-state index in [1.54, 1.807) is 0 Å². The van der Waals surface area contributed by atoms with Gasteiger partial charge in [0.05, 0.1) is 12.6 Å². The molecular weight excluding hydrogens is 198 g/mol. The first kappa shape index (κ1) is 11.5. The van der Waals surface area contributed by atoms with Gasteiger partial charge in [-0.05, 0) is 19.3 Å². The van der Waals surface area contributed by atoms with Crippen LogP contribution in [0.4, 0.5) is 0 Å². The topological polar surface area (TPSA) is 116 Å². The zero-order chi connectivity index (χ0) is 11.5. The zero-order valence-corrected chi connectivity index (χ0v) is 8.19. The molecule has 1 saturated carbocycles. The number of nitrogens with one attached hydrogen (secondary N) is 1. The molecule has 1 rings (SSSR count). The van der Waals surface area contributed by atoms with E-state index in [4.69, 9.17) is 16.1 Å². The molecule has 1 atom stereocenters. The molecule has 15 heavy (non-hydrogen) atoms. The Hall–Kier alpha value is -1.61. The Kier molecular flexibility index (Phi) is 3.27. The number of carbonyl (C=O) groups excluding carboxylic acids is 2. The molecular formula is C9H13N3O3. The van der Waals surface area contributed by atoms with Crippen molar-refractivity contribution in [1.29, 1.82) is 5.26 Å². The van der Waals surface area contributed by atoms with Crippen LogP contribution in [0.15, 0.2) is 0 Å². The number of aliphatic hydroxyl groups is 1. The Morgan fingerprint density at radius 1 is 1.60 bits per heavy atom. The molecule has 1 aliphatic rings. The van der Waals surface area contributed by atoms with Crippen LogP contribution in [0.5, 0.6) is 0 Å². The van der Waals surface area contributed by atoms with Crippen molar-refractivity contribution in [2.75, 3.05) is 6.54 Å². The molecule has 82 valence electrons. The fourth-order valence-electron chi connectivity index (χ4n) is 1.38. The zero-order valence-electron chi connectivity index (χ0n) is 8.19. The molecule has 0 heterocycles. The third-order valence-electron chi connectivity index (χ3n) is 2.64. The lowest BCUT2D eigenvalue weighted by Crippen LogP contribution is -2.48. The smallest absolute Gasteiger partial charge is 0.248 e. The van der Waals surface area contributed by atoms with Crippen molar-refractivity contribution < 1.29 is 14.7 Å². The summed E-state index contributed by atoms with van der Waals surface area (Å²) >= 11 is 0. The summed E-state index contributed by atoms with van der Waals surface area (Å²) in [5.74, 6) is -1.33. The van der Waals surface area contributed by atoms with Crippen molar-refractivity contribution in [2.45, 2.75) is 25.4 Å². The van der Waals surface area contributed by atoms with Gasteiger partial charge < -0.3 is 16.2 Å². The van der Waals surface area contributed by atoms with E-state index in [2.05, 4.69) is 5.32 Å². The number of amides is 2. The maximum atomic E-state index is 11.5. The van der Waals surface area contributed by atoms with Gasteiger partial charge in [0.2, 0.25) is 11.8 Å². The summed E-state index contributed by atoms with van der Waals surface area (Å²) in [6, 6.07) is 1.96. The summed E-state index contributed by atoms with van der Waals surface area (Å²) in [4.78, 5) is 22.0. The summed E-state index contributed by atoms with van der Waals surface area (Å²) in [5.41, 5.74) is 3.84. The quantitative estimate of drug-likeness (QED) is 0.532. The van der Waals surface area contributed by atoms with Gasteiger partial charge in [-0.3, -0.25) is 9.59 Å². The Morgan fingerprint density at radius 2 is 2.20 bits per heavy atom. The average Bonchev–Trinajstić information content (AvgIpc) is 2.13. The Bertz CT molecular complexity index is 317. The standard InChI is InChI=1S/C9H13N3O3/c10-5-9(2-1-3-9)8(15)12-4-6(13)7(11)14/h6,13H,1-4H2,(H2,11,14)(H,12,15). The van der Waals surface area contributed by atoms with Gasteiger partial charge in [0.1, 0.15) is 11.5 Å². The third-order valence-corrected chi connectivity index (χ3v) is 2.64. The van der Waals surface area contributed by atoms with Crippen LogP contribution in [0.1, 0.15) is 19.3 Å². The summed E-state index contributed by atoms with van der Waals surface area (Å²) in [7, 11) is 0. The third kappa shape index (κ3) is 2.25. The van der Waals surface area contributed by atoms with Crippen molar-refractivity contribution in [3.8, 4) is 6.07 Å². The highest BCUT2D eigenvalue weighted by Crippen LogP contribution is 2.40. The minimum atomic E-state index is -1.40. The maximum Gasteiger partial charge on any atom is 0.248 e. The number of hydrogen-bond donors (Lipinski definition) is 3. The van der Waals surface area contributed by atoms with Gasteiger partial charge in [-0.1, -0.05) is 0 Å². The summed E-state index contributed by atoms with van der Waals surface area (Å²) in [6.07, 6.45) is 0.508. The number of nitrogens with two attached hydrogens (primary N) is 1. The van der Waals surface area contributed by atoms with Crippen LogP contribution in [0.3, 0.4) is 0 Å². The van der Waals surface area contributed by atoms with E-state index < -0.39 is 23.3 Å². The molecule has 0 radical (unpaired) electrons. The summed E-state index contributed by atoms with van der Waals surface area (Å²) < 4.78 is 0. The van der Waals surface area contributed by atoms with Crippen LogP contribution in [0, 0.1) is 16.7 Å². The van der Waals surface area contributed by atoms with E-state index in [1.807, 2.05) is 6.07 Å². The highest BCUT2D eigenvalue weighted by atomic mass is 16.3. The number of aliphatic hydroxyl groups excluding tert-OH is 1. The fraction of sp³-hybridized carbons (Fsp3) is 0.667. The predicted molar refractivity (Wildman–Crippen MR) is 50.1 cm³/mol. The maximum absolute atomic E-state index is 11.5. The summed E-state index contributed by atoms with van der Waals surface area (Å²) in [5, 5.41) is 20.2. The Balaban J connectivity index is 2.43. The number of nitrogens with zero attached hydrogens (tertiary/aromatic N) is 1. The molecule has 4 N–H and O–H groups in total. The second kappa shape index (κ2) is 4.28. The molecule has 0 bridgehead atoms. The van der Waals surface area contributed by atoms with Gasteiger partial charge in [-0.15, -0.1) is 0 Å². The van der Waals surface area contributed by atoms with Crippen LogP contribution in [0.25, 0.3) is 0 Å². The molecule has 2 amide bonds. The minimum Gasteiger partial charge on any atom is -0.381 e. The average molecular weight is 211 g/mol. The molecule has 1 unspecified atom stereocenters. The van der Waals surface area contributed by atoms with E-state index in [1.165, 1.54) is 0 Å². The molecule has 6 heteroatoms. The largest absolute Gasteiger partial charge is 0.381 e. The van der Waals surface area contributed by atoms with Gasteiger partial charge in [-0.25, -0.2) is 0 Å². The van der Waals surface area contributed by atoms with Crippen molar-refractivity contribution in [3.05, 3.63) is 0 Å². The van der Waals surface area contributed by atoms with E-state index in [0.29, 0.717) is 12.8 Å². The first-order valence-electron chi connectivity index (χ1n) is 4.69. The molecule has 0 aromatic carbocycles. The molecule has 6 nitrogen and oxygen atoms in total. The molecule has 1 aliphatic carbocycles. The normalized spacial score (nSPS) is 19.5. The van der Waals surface area contributed by atoms with Gasteiger partial charge >= 0.3 is 0 Å². The second-order valence-corrected chi connectivity index (χ2v) is 3.68. The number of primary amides is 1. The first-order chi connectivity index (χ1) is 7.02. The van der Waals surface area contributed by atoms with Gasteiger partial charge in [-0.2, -0.15) is 5.26 Å². The minimum absolute atomic E-state index is 0.238. The number of carbonyl (C=O) groups is 2. The predicted octanol–water partition coefficient (Wildman–Crippen LogP) is -1.36. The molecule has 0 spiro atoms. The van der Waals surface area contributed by atoms with Crippen LogP contribution >= 0.6 is 0 Å². The van der Waals surface area contributed by atoms with Gasteiger partial charge in [0.15, 0.2) is 0 Å². The molecule has 0 aromatic rings. The summed E-state index contributed by atoms with van der Waals surface area (Å²) in [6.45, 7) is -0.238. The van der Waals surface area contributed by atoms with Crippen molar-refractivity contribution in [1.82, 2.24) is 5.32 Å². The van der Waals surface area contributed by atoms with Gasteiger partial charge in [0.25, 0.3) is 0 Å². The highest BCUT2D eigenvalue weighted by Gasteiger charge is 2.44. The van der Waals surface area contributed by atoms with Gasteiger partial charge in [0, 0.05) is 0 Å². The van der Waals surface area contributed by atoms with E-state index >= 15 is 0 Å². The lowest BCUT2D eigenvalue weighted by molar-refractivity contribution is -0.133. The van der Waals surface area contributed by atoms with Crippen molar-refractivity contribution in [3.63, 3.8) is 0 Å². The van der Waals surface area contributed by atoms with Crippen LogP contribution in [-0.4, -0.2) is 29.6 Å². The molecule has 0 aliphatic heterocycles. The lowest BCUT2D eigenvalue weighted by Gasteiger charge is -2.33. The molecule has 0 aromatic heterocycles. The lowest BCUT2D eigenvalue weighted by atomic mass is 9.69. The van der Waals surface area contributed by atoms with E-state index in [-0.39, 0.29) is 6.54 Å². The van der Waals surface area contributed by atoms with E-state index in [9.17, 15) is 9.59 Å². The van der Waals surface area contributed by atoms with E-state index in [0.717, 1.165) is 6.42 Å². The number of rotatable bonds is 4. The highest BCUT2D eigenvalue weighted by molar-refractivity contribution is 5.87. The Labute approximate surface area is 87.1 Å². The first-order valence-corrected chi connectivity index (χ1v) is 4.69.